The second kappa shape index (κ2) is 3.97. The number of hydrogen-bond acceptors (Lipinski definition) is 5. The Bertz CT molecular complexity index is 302. The van der Waals surface area contributed by atoms with Crippen molar-refractivity contribution in [2.75, 3.05) is 6.26 Å². The van der Waals surface area contributed by atoms with Crippen LogP contribution in [0.25, 0.3) is 0 Å². The standard InChI is InChI=1S/C8H15FN4OS/c1-8(2,3)13-5(9)6(14)12(10)7(11-13)15-4/h5H,10H2,1-4H3. The third kappa shape index (κ3) is 2.23. The maximum atomic E-state index is 13.6. The van der Waals surface area contributed by atoms with Gasteiger partial charge in [-0.25, -0.2) is 20.3 Å². The molecule has 0 aliphatic carbocycles. The Morgan fingerprint density at radius 3 is 2.47 bits per heavy atom. The second-order valence-electron chi connectivity index (χ2n) is 4.15. The molecule has 0 saturated heterocycles. The summed E-state index contributed by atoms with van der Waals surface area (Å²) in [6.45, 7) is 5.33. The first-order chi connectivity index (χ1) is 6.79. The van der Waals surface area contributed by atoms with Crippen LogP contribution in [-0.4, -0.2) is 39.2 Å². The number of hydrazone groups is 1. The highest BCUT2D eigenvalue weighted by Crippen LogP contribution is 2.24. The van der Waals surface area contributed by atoms with Gasteiger partial charge in [-0.3, -0.25) is 4.79 Å². The van der Waals surface area contributed by atoms with Crippen LogP contribution >= 0.6 is 11.8 Å². The first kappa shape index (κ1) is 12.3. The Hall–Kier alpha value is -0.820. The van der Waals surface area contributed by atoms with Gasteiger partial charge in [-0.15, -0.1) is 5.10 Å². The minimum atomic E-state index is -1.81. The average Bonchev–Trinajstić information content (AvgIpc) is 2.13. The lowest BCUT2D eigenvalue weighted by Crippen LogP contribution is -2.58. The lowest BCUT2D eigenvalue weighted by Gasteiger charge is -2.39. The molecule has 1 rings (SSSR count). The van der Waals surface area contributed by atoms with Crippen molar-refractivity contribution < 1.29 is 9.18 Å². The summed E-state index contributed by atoms with van der Waals surface area (Å²) < 4.78 is 13.6. The van der Waals surface area contributed by atoms with Gasteiger partial charge in [0.05, 0.1) is 5.54 Å². The van der Waals surface area contributed by atoms with Crippen LogP contribution in [0.4, 0.5) is 4.39 Å². The predicted molar refractivity (Wildman–Crippen MR) is 58.5 cm³/mol. The molecule has 1 heterocycles. The van der Waals surface area contributed by atoms with Gasteiger partial charge in [0, 0.05) is 0 Å². The van der Waals surface area contributed by atoms with E-state index in [1.165, 1.54) is 11.8 Å². The van der Waals surface area contributed by atoms with E-state index in [4.69, 9.17) is 5.84 Å². The van der Waals surface area contributed by atoms with E-state index in [1.54, 1.807) is 27.0 Å². The average molecular weight is 234 g/mol. The number of thioether (sulfide) groups is 1. The number of nitrogens with zero attached hydrogens (tertiary/aromatic N) is 3. The first-order valence-corrected chi connectivity index (χ1v) is 5.66. The number of hydrogen-bond donors (Lipinski definition) is 1. The smallest absolute Gasteiger partial charge is 0.267 e. The summed E-state index contributed by atoms with van der Waals surface area (Å²) in [6.07, 6.45) is -0.0864. The number of rotatable bonds is 0. The molecule has 0 fully saturated rings. The molecule has 86 valence electrons. The fourth-order valence-electron chi connectivity index (χ4n) is 1.13. The Balaban J connectivity index is 3.09. The normalized spacial score (nSPS) is 23.2. The maximum absolute atomic E-state index is 13.6. The molecule has 0 aromatic heterocycles. The van der Waals surface area contributed by atoms with E-state index in [-0.39, 0.29) is 0 Å². The van der Waals surface area contributed by atoms with E-state index < -0.39 is 17.7 Å². The number of halogens is 1. The van der Waals surface area contributed by atoms with Crippen LogP contribution in [0.5, 0.6) is 0 Å². The monoisotopic (exact) mass is 234 g/mol. The van der Waals surface area contributed by atoms with Gasteiger partial charge >= 0.3 is 0 Å². The predicted octanol–water partition coefficient (Wildman–Crippen LogP) is 0.732. The van der Waals surface area contributed by atoms with Gasteiger partial charge in [0.15, 0.2) is 0 Å². The molecule has 5 nitrogen and oxygen atoms in total. The molecule has 0 radical (unpaired) electrons. The number of alkyl halides is 1. The molecule has 1 unspecified atom stereocenters. The number of carbonyl (C=O) groups is 1. The van der Waals surface area contributed by atoms with Crippen molar-refractivity contribution in [2.24, 2.45) is 10.9 Å². The molecule has 2 N–H and O–H groups in total. The Morgan fingerprint density at radius 1 is 1.53 bits per heavy atom. The molecule has 0 saturated carbocycles. The summed E-state index contributed by atoms with van der Waals surface area (Å²) in [5.74, 6) is 4.61. The minimum absolute atomic E-state index is 0.295. The first-order valence-electron chi connectivity index (χ1n) is 4.43. The van der Waals surface area contributed by atoms with Crippen molar-refractivity contribution in [3.8, 4) is 0 Å². The molecule has 1 amide bonds. The van der Waals surface area contributed by atoms with Gasteiger partial charge in [0.25, 0.3) is 12.2 Å². The highest BCUT2D eigenvalue weighted by Gasteiger charge is 2.40. The molecular weight excluding hydrogens is 219 g/mol. The van der Waals surface area contributed by atoms with E-state index >= 15 is 0 Å². The van der Waals surface area contributed by atoms with Gasteiger partial charge < -0.3 is 0 Å². The van der Waals surface area contributed by atoms with Gasteiger partial charge in [-0.05, 0) is 27.0 Å². The lowest BCUT2D eigenvalue weighted by atomic mass is 10.1. The molecule has 15 heavy (non-hydrogen) atoms. The van der Waals surface area contributed by atoms with Gasteiger partial charge in [0.2, 0.25) is 5.17 Å². The molecular formula is C8H15FN4OS. The number of hydrazine groups is 1. The third-order valence-corrected chi connectivity index (χ3v) is 2.57. The van der Waals surface area contributed by atoms with Crippen molar-refractivity contribution in [1.82, 2.24) is 10.0 Å². The van der Waals surface area contributed by atoms with Crippen molar-refractivity contribution >= 4 is 22.8 Å². The Labute approximate surface area is 92.4 Å². The van der Waals surface area contributed by atoms with Crippen molar-refractivity contribution in [1.29, 1.82) is 0 Å². The SMILES string of the molecule is CSC1=NN(C(C)(C)C)C(F)C(=O)N1N. The molecule has 1 aliphatic rings. The fourth-order valence-corrected chi connectivity index (χ4v) is 1.59. The van der Waals surface area contributed by atoms with Crippen LogP contribution in [0, 0.1) is 0 Å². The maximum Gasteiger partial charge on any atom is 0.299 e. The van der Waals surface area contributed by atoms with Gasteiger partial charge in [0.1, 0.15) is 0 Å². The largest absolute Gasteiger partial charge is 0.299 e. The fraction of sp³-hybridized carbons (Fsp3) is 0.750. The number of nitrogens with two attached hydrogens (primary N) is 1. The molecule has 7 heteroatoms. The Kier molecular flexibility index (Phi) is 3.25. The zero-order valence-corrected chi connectivity index (χ0v) is 10.0. The molecule has 0 aromatic carbocycles. The van der Waals surface area contributed by atoms with Crippen molar-refractivity contribution in [3.05, 3.63) is 0 Å². The van der Waals surface area contributed by atoms with Gasteiger partial charge in [-0.2, -0.15) is 0 Å². The molecule has 0 bridgehead atoms. The minimum Gasteiger partial charge on any atom is -0.267 e. The lowest BCUT2D eigenvalue weighted by molar-refractivity contribution is -0.146. The zero-order valence-electron chi connectivity index (χ0n) is 9.19. The van der Waals surface area contributed by atoms with Crippen molar-refractivity contribution in [2.45, 2.75) is 32.6 Å². The summed E-state index contributed by atoms with van der Waals surface area (Å²) in [7, 11) is 0. The summed E-state index contributed by atoms with van der Waals surface area (Å²) in [4.78, 5) is 11.4. The zero-order chi connectivity index (χ0) is 11.8. The van der Waals surface area contributed by atoms with Crippen LogP contribution in [0.1, 0.15) is 20.8 Å². The number of carbonyl (C=O) groups excluding carboxylic acids is 1. The van der Waals surface area contributed by atoms with Crippen molar-refractivity contribution in [3.63, 3.8) is 0 Å². The van der Waals surface area contributed by atoms with Crippen LogP contribution in [-0.2, 0) is 4.79 Å². The van der Waals surface area contributed by atoms with Gasteiger partial charge in [-0.1, -0.05) is 11.8 Å². The Morgan fingerprint density at radius 2 is 2.07 bits per heavy atom. The van der Waals surface area contributed by atoms with E-state index in [2.05, 4.69) is 5.10 Å². The van der Waals surface area contributed by atoms with E-state index in [1.807, 2.05) is 0 Å². The molecule has 0 aromatic rings. The quantitative estimate of drug-likeness (QED) is 0.381. The van der Waals surface area contributed by atoms with Crippen LogP contribution in [0.15, 0.2) is 5.10 Å². The van der Waals surface area contributed by atoms with Crippen LogP contribution in [0.3, 0.4) is 0 Å². The van der Waals surface area contributed by atoms with Crippen LogP contribution in [0.2, 0.25) is 0 Å². The highest BCUT2D eigenvalue weighted by molar-refractivity contribution is 8.13. The van der Waals surface area contributed by atoms with E-state index in [9.17, 15) is 9.18 Å². The summed E-state index contributed by atoms with van der Waals surface area (Å²) >= 11 is 1.20. The number of amidine groups is 1. The molecule has 0 spiro atoms. The molecule has 1 atom stereocenters. The van der Waals surface area contributed by atoms with E-state index in [0.29, 0.717) is 5.17 Å². The van der Waals surface area contributed by atoms with E-state index in [0.717, 1.165) is 10.0 Å². The van der Waals surface area contributed by atoms with Crippen LogP contribution < -0.4 is 5.84 Å². The molecule has 1 aliphatic heterocycles. The summed E-state index contributed by atoms with van der Waals surface area (Å²) in [5, 5.41) is 6.17. The summed E-state index contributed by atoms with van der Waals surface area (Å²) in [5.41, 5.74) is -0.558. The summed E-state index contributed by atoms with van der Waals surface area (Å²) in [6, 6.07) is 0. The number of amides is 1. The third-order valence-electron chi connectivity index (χ3n) is 1.93. The second-order valence-corrected chi connectivity index (χ2v) is 4.92. The topological polar surface area (TPSA) is 61.9 Å². The highest BCUT2D eigenvalue weighted by atomic mass is 32.2.